The van der Waals surface area contributed by atoms with Crippen molar-refractivity contribution in [1.29, 1.82) is 0 Å². The summed E-state index contributed by atoms with van der Waals surface area (Å²) in [6, 6.07) is 8.56. The number of aromatic nitrogens is 2. The van der Waals surface area contributed by atoms with Gasteiger partial charge >= 0.3 is 0 Å². The first-order valence-corrected chi connectivity index (χ1v) is 5.55. The third-order valence-electron chi connectivity index (χ3n) is 2.89. The number of benzene rings is 1. The summed E-state index contributed by atoms with van der Waals surface area (Å²) in [6.07, 6.45) is 8.20. The fourth-order valence-corrected chi connectivity index (χ4v) is 2.05. The van der Waals surface area contributed by atoms with Crippen molar-refractivity contribution < 1.29 is 0 Å². The van der Waals surface area contributed by atoms with E-state index in [1.807, 2.05) is 18.2 Å². The topological polar surface area (TPSA) is 37.8 Å². The van der Waals surface area contributed by atoms with Gasteiger partial charge in [0, 0.05) is 11.4 Å². The van der Waals surface area contributed by atoms with Crippen LogP contribution in [0.5, 0.6) is 0 Å². The molecule has 1 aliphatic rings. The molecule has 1 aromatic heterocycles. The summed E-state index contributed by atoms with van der Waals surface area (Å²) in [4.78, 5) is 8.57. The minimum atomic E-state index is 0.485. The molecule has 0 radical (unpaired) electrons. The quantitative estimate of drug-likeness (QED) is 0.776. The Kier molecular flexibility index (Phi) is 2.29. The van der Waals surface area contributed by atoms with Crippen LogP contribution in [0.2, 0.25) is 0 Å². The van der Waals surface area contributed by atoms with Crippen LogP contribution in [0.25, 0.3) is 10.9 Å². The molecule has 0 bridgehead atoms. The number of fused-ring (bicyclic) bond motifs is 1. The van der Waals surface area contributed by atoms with E-state index in [1.165, 1.54) is 0 Å². The van der Waals surface area contributed by atoms with Gasteiger partial charge < -0.3 is 5.32 Å². The second-order valence-electron chi connectivity index (χ2n) is 4.02. The van der Waals surface area contributed by atoms with Gasteiger partial charge in [-0.1, -0.05) is 24.3 Å². The maximum atomic E-state index is 4.32. The van der Waals surface area contributed by atoms with E-state index in [1.54, 1.807) is 6.33 Å². The van der Waals surface area contributed by atoms with Crippen LogP contribution < -0.4 is 5.32 Å². The number of hydrogen-bond donors (Lipinski definition) is 1. The lowest BCUT2D eigenvalue weighted by Crippen LogP contribution is -2.16. The van der Waals surface area contributed by atoms with Crippen molar-refractivity contribution in [3.63, 3.8) is 0 Å². The molecule has 0 saturated carbocycles. The summed E-state index contributed by atoms with van der Waals surface area (Å²) in [6.45, 7) is 0. The van der Waals surface area contributed by atoms with Crippen LogP contribution in [0, 0.1) is 0 Å². The summed E-state index contributed by atoms with van der Waals surface area (Å²) in [5, 5.41) is 4.56. The van der Waals surface area contributed by atoms with Gasteiger partial charge in [0.1, 0.15) is 12.1 Å². The summed E-state index contributed by atoms with van der Waals surface area (Å²) in [7, 11) is 0. The SMILES string of the molecule is C1=CCC(Nc2ncnc3ccccc23)C1. The summed E-state index contributed by atoms with van der Waals surface area (Å²) in [5.41, 5.74) is 0.992. The molecule has 0 atom stereocenters. The van der Waals surface area contributed by atoms with Gasteiger partial charge in [-0.2, -0.15) is 0 Å². The molecule has 0 aliphatic heterocycles. The van der Waals surface area contributed by atoms with Crippen molar-refractivity contribution in [3.8, 4) is 0 Å². The van der Waals surface area contributed by atoms with Gasteiger partial charge in [-0.25, -0.2) is 9.97 Å². The fraction of sp³-hybridized carbons (Fsp3) is 0.231. The molecule has 0 saturated heterocycles. The van der Waals surface area contributed by atoms with E-state index in [-0.39, 0.29) is 0 Å². The molecule has 80 valence electrons. The second kappa shape index (κ2) is 3.93. The molecule has 2 aromatic rings. The lowest BCUT2D eigenvalue weighted by atomic mass is 10.2. The van der Waals surface area contributed by atoms with Crippen molar-refractivity contribution in [2.75, 3.05) is 5.32 Å². The molecular weight excluding hydrogens is 198 g/mol. The standard InChI is InChI=1S/C13H13N3/c1-2-6-10(5-1)16-13-11-7-3-4-8-12(11)14-9-15-13/h1-4,7-10H,5-6H2,(H,14,15,16). The van der Waals surface area contributed by atoms with E-state index in [2.05, 4.69) is 33.5 Å². The molecule has 0 fully saturated rings. The number of nitrogens with one attached hydrogen (secondary N) is 1. The smallest absolute Gasteiger partial charge is 0.137 e. The molecule has 0 amide bonds. The highest BCUT2D eigenvalue weighted by Gasteiger charge is 2.11. The van der Waals surface area contributed by atoms with E-state index >= 15 is 0 Å². The fourth-order valence-electron chi connectivity index (χ4n) is 2.05. The minimum absolute atomic E-state index is 0.485. The molecule has 3 nitrogen and oxygen atoms in total. The Morgan fingerprint density at radius 3 is 2.75 bits per heavy atom. The first-order valence-electron chi connectivity index (χ1n) is 5.55. The average Bonchev–Trinajstić information content (AvgIpc) is 2.82. The zero-order chi connectivity index (χ0) is 10.8. The van der Waals surface area contributed by atoms with Crippen molar-refractivity contribution >= 4 is 16.7 Å². The van der Waals surface area contributed by atoms with E-state index in [9.17, 15) is 0 Å². The monoisotopic (exact) mass is 211 g/mol. The summed E-state index contributed by atoms with van der Waals surface area (Å²) < 4.78 is 0. The average molecular weight is 211 g/mol. The Labute approximate surface area is 94.2 Å². The van der Waals surface area contributed by atoms with Crippen LogP contribution in [0.4, 0.5) is 5.82 Å². The Hall–Kier alpha value is -1.90. The highest BCUT2D eigenvalue weighted by Crippen LogP contribution is 2.22. The normalized spacial score (nSPS) is 15.8. The highest BCUT2D eigenvalue weighted by atomic mass is 15.0. The van der Waals surface area contributed by atoms with Crippen molar-refractivity contribution in [2.45, 2.75) is 18.9 Å². The molecule has 16 heavy (non-hydrogen) atoms. The number of para-hydroxylation sites is 1. The molecule has 3 rings (SSSR count). The predicted octanol–water partition coefficient (Wildman–Crippen LogP) is 2.76. The van der Waals surface area contributed by atoms with Crippen LogP contribution in [-0.2, 0) is 0 Å². The maximum Gasteiger partial charge on any atom is 0.137 e. The van der Waals surface area contributed by atoms with Crippen LogP contribution in [0.1, 0.15) is 12.8 Å². The lowest BCUT2D eigenvalue weighted by Gasteiger charge is -2.13. The Morgan fingerprint density at radius 1 is 1.06 bits per heavy atom. The van der Waals surface area contributed by atoms with Gasteiger partial charge in [0.05, 0.1) is 5.52 Å². The number of rotatable bonds is 2. The van der Waals surface area contributed by atoms with Gasteiger partial charge in [0.2, 0.25) is 0 Å². The van der Waals surface area contributed by atoms with Gasteiger partial charge in [-0.3, -0.25) is 0 Å². The summed E-state index contributed by atoms with van der Waals surface area (Å²) >= 11 is 0. The highest BCUT2D eigenvalue weighted by molar-refractivity contribution is 5.88. The van der Waals surface area contributed by atoms with Gasteiger partial charge in [-0.15, -0.1) is 0 Å². The third kappa shape index (κ3) is 1.65. The third-order valence-corrected chi connectivity index (χ3v) is 2.89. The number of hydrogen-bond acceptors (Lipinski definition) is 3. The van der Waals surface area contributed by atoms with Crippen LogP contribution >= 0.6 is 0 Å². The number of anilines is 1. The minimum Gasteiger partial charge on any atom is -0.366 e. The largest absolute Gasteiger partial charge is 0.366 e. The first-order chi connectivity index (χ1) is 7.93. The predicted molar refractivity (Wildman–Crippen MR) is 65.3 cm³/mol. The first kappa shape index (κ1) is 9.33. The maximum absolute atomic E-state index is 4.32. The lowest BCUT2D eigenvalue weighted by molar-refractivity contribution is 0.782. The van der Waals surface area contributed by atoms with Crippen molar-refractivity contribution in [1.82, 2.24) is 9.97 Å². The van der Waals surface area contributed by atoms with Crippen molar-refractivity contribution in [2.24, 2.45) is 0 Å². The van der Waals surface area contributed by atoms with E-state index in [0.29, 0.717) is 6.04 Å². The Balaban J connectivity index is 1.96. The van der Waals surface area contributed by atoms with Gasteiger partial charge in [0.15, 0.2) is 0 Å². The molecule has 1 aromatic carbocycles. The molecule has 1 aliphatic carbocycles. The van der Waals surface area contributed by atoms with Crippen LogP contribution in [0.3, 0.4) is 0 Å². The van der Waals surface area contributed by atoms with Gasteiger partial charge in [0.25, 0.3) is 0 Å². The van der Waals surface area contributed by atoms with Crippen LogP contribution in [-0.4, -0.2) is 16.0 Å². The van der Waals surface area contributed by atoms with Crippen molar-refractivity contribution in [3.05, 3.63) is 42.7 Å². The van der Waals surface area contributed by atoms with Gasteiger partial charge in [-0.05, 0) is 25.0 Å². The Bertz CT molecular complexity index is 520. The van der Waals surface area contributed by atoms with E-state index in [0.717, 1.165) is 29.6 Å². The summed E-state index contributed by atoms with van der Waals surface area (Å²) in [5.74, 6) is 0.944. The van der Waals surface area contributed by atoms with E-state index in [4.69, 9.17) is 0 Å². The molecule has 3 heteroatoms. The molecule has 1 N–H and O–H groups in total. The van der Waals surface area contributed by atoms with Crippen LogP contribution in [0.15, 0.2) is 42.7 Å². The van der Waals surface area contributed by atoms with E-state index < -0.39 is 0 Å². The zero-order valence-electron chi connectivity index (χ0n) is 8.93. The second-order valence-corrected chi connectivity index (χ2v) is 4.02. The molecular formula is C13H13N3. The molecule has 0 spiro atoms. The zero-order valence-corrected chi connectivity index (χ0v) is 8.93. The molecule has 1 heterocycles. The Morgan fingerprint density at radius 2 is 1.88 bits per heavy atom. The number of nitrogens with zero attached hydrogens (tertiary/aromatic N) is 2. The molecule has 0 unspecified atom stereocenters.